The number of aromatic nitrogens is 1. The number of carbonyl (C=O) groups excluding carboxylic acids is 1. The molecule has 0 aliphatic rings. The topological polar surface area (TPSA) is 42.0 Å². The second-order valence-corrected chi connectivity index (χ2v) is 4.98. The fourth-order valence-electron chi connectivity index (χ4n) is 1.48. The van der Waals surface area contributed by atoms with Crippen molar-refractivity contribution < 1.29 is 4.79 Å². The number of benzene rings is 1. The molecule has 0 aliphatic heterocycles. The molecule has 18 heavy (non-hydrogen) atoms. The zero-order chi connectivity index (χ0) is 13.1. The SMILES string of the molecule is Cc1c(Br)cccc1NC(=O)c1cnccc1Cl. The van der Waals surface area contributed by atoms with E-state index in [1.807, 2.05) is 25.1 Å². The second-order valence-electron chi connectivity index (χ2n) is 3.72. The van der Waals surface area contributed by atoms with Gasteiger partial charge >= 0.3 is 0 Å². The van der Waals surface area contributed by atoms with E-state index in [4.69, 9.17) is 11.6 Å². The summed E-state index contributed by atoms with van der Waals surface area (Å²) in [6.45, 7) is 1.92. The standard InChI is InChI=1S/C13H10BrClN2O/c1-8-10(14)3-2-4-12(8)17-13(18)9-7-16-6-5-11(9)15/h2-7H,1H3,(H,17,18). The molecule has 0 aliphatic carbocycles. The molecule has 5 heteroatoms. The minimum Gasteiger partial charge on any atom is -0.322 e. The first-order valence-corrected chi connectivity index (χ1v) is 6.42. The number of anilines is 1. The molecule has 1 aromatic heterocycles. The van der Waals surface area contributed by atoms with Crippen LogP contribution in [0.15, 0.2) is 41.1 Å². The fourth-order valence-corrected chi connectivity index (χ4v) is 2.03. The Kier molecular flexibility index (Phi) is 3.99. The number of carbonyl (C=O) groups is 1. The van der Waals surface area contributed by atoms with Gasteiger partial charge in [-0.05, 0) is 30.7 Å². The summed E-state index contributed by atoms with van der Waals surface area (Å²) in [5.41, 5.74) is 2.07. The molecular weight excluding hydrogens is 316 g/mol. The fraction of sp³-hybridized carbons (Fsp3) is 0.0769. The van der Waals surface area contributed by atoms with Gasteiger partial charge in [-0.3, -0.25) is 9.78 Å². The highest BCUT2D eigenvalue weighted by Crippen LogP contribution is 2.24. The molecule has 0 radical (unpaired) electrons. The minimum atomic E-state index is -0.269. The zero-order valence-corrected chi connectivity index (χ0v) is 11.9. The Morgan fingerprint density at radius 1 is 1.39 bits per heavy atom. The third-order valence-corrected chi connectivity index (χ3v) is 3.72. The first kappa shape index (κ1) is 13.1. The number of pyridine rings is 1. The molecule has 1 aromatic carbocycles. The zero-order valence-electron chi connectivity index (χ0n) is 9.58. The highest BCUT2D eigenvalue weighted by atomic mass is 79.9. The van der Waals surface area contributed by atoms with E-state index in [1.54, 1.807) is 12.3 Å². The molecule has 2 aromatic rings. The molecule has 3 nitrogen and oxygen atoms in total. The van der Waals surface area contributed by atoms with E-state index in [0.29, 0.717) is 10.6 Å². The third-order valence-electron chi connectivity index (χ3n) is 2.53. The summed E-state index contributed by atoms with van der Waals surface area (Å²) >= 11 is 9.36. The summed E-state index contributed by atoms with van der Waals surface area (Å²) < 4.78 is 0.942. The summed E-state index contributed by atoms with van der Waals surface area (Å²) in [4.78, 5) is 15.9. The lowest BCUT2D eigenvalue weighted by Crippen LogP contribution is -2.13. The van der Waals surface area contributed by atoms with Crippen LogP contribution in [0.1, 0.15) is 15.9 Å². The van der Waals surface area contributed by atoms with Gasteiger partial charge < -0.3 is 5.32 Å². The van der Waals surface area contributed by atoms with Crippen LogP contribution in [0.25, 0.3) is 0 Å². The van der Waals surface area contributed by atoms with Gasteiger partial charge in [0.05, 0.1) is 10.6 Å². The van der Waals surface area contributed by atoms with Crippen molar-refractivity contribution in [3.05, 3.63) is 57.3 Å². The maximum absolute atomic E-state index is 12.0. The predicted octanol–water partition coefficient (Wildman–Crippen LogP) is 4.06. The molecule has 0 atom stereocenters. The molecule has 1 amide bonds. The number of nitrogens with zero attached hydrogens (tertiary/aromatic N) is 1. The first-order valence-electron chi connectivity index (χ1n) is 5.25. The van der Waals surface area contributed by atoms with Crippen molar-refractivity contribution in [2.45, 2.75) is 6.92 Å². The van der Waals surface area contributed by atoms with Gasteiger partial charge in [0.2, 0.25) is 0 Å². The molecule has 0 fully saturated rings. The minimum absolute atomic E-state index is 0.269. The van der Waals surface area contributed by atoms with E-state index in [2.05, 4.69) is 26.2 Å². The summed E-state index contributed by atoms with van der Waals surface area (Å²) in [5.74, 6) is -0.269. The molecule has 0 spiro atoms. The van der Waals surface area contributed by atoms with E-state index in [9.17, 15) is 4.79 Å². The van der Waals surface area contributed by atoms with Gasteiger partial charge in [0, 0.05) is 22.6 Å². The van der Waals surface area contributed by atoms with Crippen molar-refractivity contribution in [2.75, 3.05) is 5.32 Å². The van der Waals surface area contributed by atoms with Crippen LogP contribution in [0, 0.1) is 6.92 Å². The lowest BCUT2D eigenvalue weighted by atomic mass is 10.2. The van der Waals surface area contributed by atoms with Gasteiger partial charge in [-0.2, -0.15) is 0 Å². The molecule has 0 unspecified atom stereocenters. The number of nitrogens with one attached hydrogen (secondary N) is 1. The molecule has 2 rings (SSSR count). The van der Waals surface area contributed by atoms with E-state index < -0.39 is 0 Å². The maximum atomic E-state index is 12.0. The van der Waals surface area contributed by atoms with Gasteiger partial charge in [0.25, 0.3) is 5.91 Å². The van der Waals surface area contributed by atoms with Gasteiger partial charge in [0.1, 0.15) is 0 Å². The maximum Gasteiger partial charge on any atom is 0.258 e. The molecule has 92 valence electrons. The molecule has 0 saturated carbocycles. The van der Waals surface area contributed by atoms with Crippen molar-refractivity contribution in [3.63, 3.8) is 0 Å². The van der Waals surface area contributed by atoms with Crippen LogP contribution >= 0.6 is 27.5 Å². The normalized spacial score (nSPS) is 10.2. The van der Waals surface area contributed by atoms with Crippen LogP contribution in [-0.4, -0.2) is 10.9 Å². The second kappa shape index (κ2) is 5.50. The number of halogens is 2. The van der Waals surface area contributed by atoms with Crippen LogP contribution < -0.4 is 5.32 Å². The Bertz CT molecular complexity index is 601. The Hall–Kier alpha value is -1.39. The van der Waals surface area contributed by atoms with Crippen LogP contribution in [-0.2, 0) is 0 Å². The Balaban J connectivity index is 2.27. The lowest BCUT2D eigenvalue weighted by molar-refractivity contribution is 0.102. The summed E-state index contributed by atoms with van der Waals surface area (Å²) in [5, 5.41) is 3.20. The smallest absolute Gasteiger partial charge is 0.258 e. The number of amides is 1. The summed E-state index contributed by atoms with van der Waals surface area (Å²) in [7, 11) is 0. The predicted molar refractivity (Wildman–Crippen MR) is 76.1 cm³/mol. The van der Waals surface area contributed by atoms with Gasteiger partial charge in [-0.15, -0.1) is 0 Å². The average Bonchev–Trinajstić information content (AvgIpc) is 2.35. The van der Waals surface area contributed by atoms with E-state index in [0.717, 1.165) is 15.7 Å². The Labute approximate surface area is 118 Å². The van der Waals surface area contributed by atoms with Gasteiger partial charge in [0.15, 0.2) is 0 Å². The third kappa shape index (κ3) is 2.71. The monoisotopic (exact) mass is 324 g/mol. The number of rotatable bonds is 2. The first-order chi connectivity index (χ1) is 8.59. The van der Waals surface area contributed by atoms with Crippen molar-refractivity contribution in [2.24, 2.45) is 0 Å². The van der Waals surface area contributed by atoms with Gasteiger partial charge in [-0.25, -0.2) is 0 Å². The molecular formula is C13H10BrClN2O. The van der Waals surface area contributed by atoms with Crippen molar-refractivity contribution in [3.8, 4) is 0 Å². The van der Waals surface area contributed by atoms with Crippen molar-refractivity contribution >= 4 is 39.1 Å². The highest BCUT2D eigenvalue weighted by molar-refractivity contribution is 9.10. The van der Waals surface area contributed by atoms with Crippen molar-refractivity contribution in [1.29, 1.82) is 0 Å². The molecule has 1 N–H and O–H groups in total. The number of hydrogen-bond donors (Lipinski definition) is 1. The van der Waals surface area contributed by atoms with Crippen molar-refractivity contribution in [1.82, 2.24) is 4.98 Å². The summed E-state index contributed by atoms with van der Waals surface area (Å²) in [6, 6.07) is 7.20. The Morgan fingerprint density at radius 3 is 2.89 bits per heavy atom. The van der Waals surface area contributed by atoms with E-state index in [1.165, 1.54) is 6.20 Å². The van der Waals surface area contributed by atoms with Gasteiger partial charge in [-0.1, -0.05) is 33.6 Å². The largest absolute Gasteiger partial charge is 0.322 e. The van der Waals surface area contributed by atoms with Crippen LogP contribution in [0.2, 0.25) is 5.02 Å². The highest BCUT2D eigenvalue weighted by Gasteiger charge is 2.12. The van der Waals surface area contributed by atoms with Crippen LogP contribution in [0.4, 0.5) is 5.69 Å². The van der Waals surface area contributed by atoms with Crippen LogP contribution in [0.3, 0.4) is 0 Å². The molecule has 0 bridgehead atoms. The lowest BCUT2D eigenvalue weighted by Gasteiger charge is -2.10. The Morgan fingerprint density at radius 2 is 2.17 bits per heavy atom. The average molecular weight is 326 g/mol. The molecule has 1 heterocycles. The van der Waals surface area contributed by atoms with E-state index >= 15 is 0 Å². The summed E-state index contributed by atoms with van der Waals surface area (Å²) in [6.07, 6.45) is 2.99. The quantitative estimate of drug-likeness (QED) is 0.905. The number of hydrogen-bond acceptors (Lipinski definition) is 2. The molecule has 0 saturated heterocycles. The van der Waals surface area contributed by atoms with E-state index in [-0.39, 0.29) is 5.91 Å². The van der Waals surface area contributed by atoms with Crippen LogP contribution in [0.5, 0.6) is 0 Å².